The van der Waals surface area contributed by atoms with Crippen molar-refractivity contribution in [3.63, 3.8) is 0 Å². The molecule has 36 heavy (non-hydrogen) atoms. The third kappa shape index (κ3) is 4.94. The number of nitrogens with zero attached hydrogens (tertiary/aromatic N) is 2. The molecular weight excluding hydrogens is 460 g/mol. The van der Waals surface area contributed by atoms with E-state index in [1.54, 1.807) is 43.4 Å². The van der Waals surface area contributed by atoms with E-state index in [0.29, 0.717) is 16.6 Å². The Bertz CT molecular complexity index is 1440. The van der Waals surface area contributed by atoms with Crippen LogP contribution in [0.25, 0.3) is 10.9 Å². The molecular formula is C27H28N4O5. The second-order valence-electron chi connectivity index (χ2n) is 8.80. The van der Waals surface area contributed by atoms with Crippen LogP contribution >= 0.6 is 0 Å². The first-order chi connectivity index (χ1) is 17.2. The maximum Gasteiger partial charge on any atom is 0.265 e. The van der Waals surface area contributed by atoms with Gasteiger partial charge in [0.2, 0.25) is 0 Å². The quantitative estimate of drug-likeness (QED) is 0.222. The van der Waals surface area contributed by atoms with E-state index in [9.17, 15) is 25.1 Å². The lowest BCUT2D eigenvalue weighted by atomic mass is 9.96. The number of fused-ring (bicyclic) bond motifs is 1. The third-order valence-corrected chi connectivity index (χ3v) is 6.23. The second kappa shape index (κ2) is 10.2. The molecule has 9 heteroatoms. The highest BCUT2D eigenvalue weighted by Crippen LogP contribution is 2.30. The highest BCUT2D eigenvalue weighted by molar-refractivity contribution is 6.03. The van der Waals surface area contributed by atoms with Gasteiger partial charge in [-0.15, -0.1) is 0 Å². The monoisotopic (exact) mass is 488 g/mol. The summed E-state index contributed by atoms with van der Waals surface area (Å²) in [6.07, 6.45) is -0.108. The summed E-state index contributed by atoms with van der Waals surface area (Å²) in [5, 5.41) is 33.9. The van der Waals surface area contributed by atoms with Gasteiger partial charge in [-0.05, 0) is 42.0 Å². The zero-order chi connectivity index (χ0) is 26.0. The number of Topliss-reactive ketones (excluding diaryl/α,β-unsaturated/α-hetero) is 1. The van der Waals surface area contributed by atoms with Crippen molar-refractivity contribution in [2.24, 2.45) is 7.05 Å². The standard InChI is InChI=1S/C27H28N4O5/c1-29(2)19-12-8-17(9-13-19)22(28-18-10-14-20(15-11-18)31(35)36)16-24(32)25-26(33)21-6-4-5-7-23(21)30(3)27(25)34/h4-15,22,28,31,33,35H,16H2,1-3H3. The number of rotatable bonds is 8. The molecule has 0 amide bonds. The number of aryl methyl sites for hydroxylation is 1. The van der Waals surface area contributed by atoms with Crippen LogP contribution in [0, 0.1) is 5.21 Å². The summed E-state index contributed by atoms with van der Waals surface area (Å²) in [5.74, 6) is -0.832. The molecule has 4 aromatic rings. The molecule has 4 rings (SSSR count). The Morgan fingerprint density at radius 2 is 1.69 bits per heavy atom. The molecule has 0 spiro atoms. The van der Waals surface area contributed by atoms with Crippen molar-refractivity contribution in [1.29, 1.82) is 0 Å². The number of quaternary nitrogens is 1. The molecule has 0 aliphatic heterocycles. The summed E-state index contributed by atoms with van der Waals surface area (Å²) in [6, 6.07) is 20.2. The smallest absolute Gasteiger partial charge is 0.265 e. The SMILES string of the molecule is CN(C)c1ccc(C(CC(=O)c2c(O)c3ccccc3n(C)c2=O)Nc2ccc([NH+]([O-])O)cc2)cc1. The predicted octanol–water partition coefficient (Wildman–Crippen LogP) is 3.14. The molecule has 9 nitrogen and oxygen atoms in total. The first-order valence-corrected chi connectivity index (χ1v) is 11.4. The van der Waals surface area contributed by atoms with Gasteiger partial charge in [0, 0.05) is 56.5 Å². The predicted molar refractivity (Wildman–Crippen MR) is 139 cm³/mol. The Morgan fingerprint density at radius 3 is 2.31 bits per heavy atom. The van der Waals surface area contributed by atoms with Crippen LogP contribution < -0.4 is 21.0 Å². The number of hydrogen-bond donors (Lipinski definition) is 4. The number of ketones is 1. The van der Waals surface area contributed by atoms with Gasteiger partial charge in [-0.2, -0.15) is 5.23 Å². The van der Waals surface area contributed by atoms with E-state index < -0.39 is 22.6 Å². The summed E-state index contributed by atoms with van der Waals surface area (Å²) in [5.41, 5.74) is 2.25. The first-order valence-electron chi connectivity index (χ1n) is 11.4. The fraction of sp³-hybridized carbons (Fsp3) is 0.185. The van der Waals surface area contributed by atoms with Crippen LogP contribution in [-0.2, 0) is 7.05 Å². The summed E-state index contributed by atoms with van der Waals surface area (Å²) < 4.78 is 1.36. The van der Waals surface area contributed by atoms with Crippen LogP contribution in [0.1, 0.15) is 28.4 Å². The van der Waals surface area contributed by atoms with E-state index in [-0.39, 0.29) is 23.4 Å². The van der Waals surface area contributed by atoms with Gasteiger partial charge in [-0.1, -0.05) is 24.3 Å². The van der Waals surface area contributed by atoms with Gasteiger partial charge in [-0.3, -0.25) is 9.59 Å². The van der Waals surface area contributed by atoms with Crippen molar-refractivity contribution in [2.45, 2.75) is 12.5 Å². The first kappa shape index (κ1) is 24.9. The van der Waals surface area contributed by atoms with Crippen LogP contribution in [0.15, 0.2) is 77.6 Å². The number of pyridine rings is 1. The molecule has 186 valence electrons. The Balaban J connectivity index is 1.72. The van der Waals surface area contributed by atoms with E-state index >= 15 is 0 Å². The fourth-order valence-corrected chi connectivity index (χ4v) is 4.19. The molecule has 0 bridgehead atoms. The lowest BCUT2D eigenvalue weighted by molar-refractivity contribution is -0.991. The molecule has 1 heterocycles. The average Bonchev–Trinajstić information content (AvgIpc) is 2.87. The highest BCUT2D eigenvalue weighted by atomic mass is 16.8. The molecule has 1 aromatic heterocycles. The van der Waals surface area contributed by atoms with Crippen LogP contribution in [-0.4, -0.2) is 34.8 Å². The van der Waals surface area contributed by atoms with Crippen LogP contribution in [0.5, 0.6) is 5.75 Å². The maximum absolute atomic E-state index is 13.5. The number of aromatic nitrogens is 1. The number of para-hydroxylation sites is 1. The molecule has 2 unspecified atom stereocenters. The zero-order valence-corrected chi connectivity index (χ0v) is 20.2. The van der Waals surface area contributed by atoms with E-state index in [2.05, 4.69) is 5.32 Å². The number of carbonyl (C=O) groups excluding carboxylic acids is 1. The minimum atomic E-state index is -1.03. The van der Waals surface area contributed by atoms with Crippen LogP contribution in [0.3, 0.4) is 0 Å². The Morgan fingerprint density at radius 1 is 1.06 bits per heavy atom. The number of anilines is 2. The number of carbonyl (C=O) groups is 1. The molecule has 0 aliphatic rings. The average molecular weight is 489 g/mol. The summed E-state index contributed by atoms with van der Waals surface area (Å²) in [4.78, 5) is 28.5. The fourth-order valence-electron chi connectivity index (χ4n) is 4.19. The lowest BCUT2D eigenvalue weighted by Crippen LogP contribution is -2.99. The highest BCUT2D eigenvalue weighted by Gasteiger charge is 2.25. The van der Waals surface area contributed by atoms with Crippen LogP contribution in [0.4, 0.5) is 17.1 Å². The molecule has 0 aliphatic carbocycles. The molecule has 3 aromatic carbocycles. The van der Waals surface area contributed by atoms with Gasteiger partial charge in [0.1, 0.15) is 11.3 Å². The van der Waals surface area contributed by atoms with Crippen molar-refractivity contribution < 1.29 is 20.3 Å². The number of aromatic hydroxyl groups is 1. The molecule has 0 saturated carbocycles. The summed E-state index contributed by atoms with van der Waals surface area (Å²) in [7, 11) is 5.42. The largest absolute Gasteiger partial charge is 0.595 e. The zero-order valence-electron chi connectivity index (χ0n) is 20.2. The number of nitrogens with one attached hydrogen (secondary N) is 2. The van der Waals surface area contributed by atoms with Crippen molar-refractivity contribution >= 4 is 33.7 Å². The van der Waals surface area contributed by atoms with E-state index in [1.807, 2.05) is 43.3 Å². The topological polar surface area (TPSA) is 122 Å². The summed E-state index contributed by atoms with van der Waals surface area (Å²) in [6.45, 7) is 0. The lowest BCUT2D eigenvalue weighted by Gasteiger charge is -2.22. The van der Waals surface area contributed by atoms with Gasteiger partial charge in [0.05, 0.1) is 11.6 Å². The Labute approximate surface area is 208 Å². The van der Waals surface area contributed by atoms with E-state index in [0.717, 1.165) is 11.3 Å². The molecule has 0 fully saturated rings. The molecule has 2 atom stereocenters. The Kier molecular flexibility index (Phi) is 7.07. The second-order valence-corrected chi connectivity index (χ2v) is 8.80. The molecule has 4 N–H and O–H groups in total. The number of hydrogen-bond acceptors (Lipinski definition) is 7. The van der Waals surface area contributed by atoms with Gasteiger partial charge in [-0.25, -0.2) is 5.21 Å². The van der Waals surface area contributed by atoms with Gasteiger partial charge < -0.3 is 25.1 Å². The molecule has 0 radical (unpaired) electrons. The van der Waals surface area contributed by atoms with Crippen molar-refractivity contribution in [3.8, 4) is 5.75 Å². The minimum absolute atomic E-state index is 0.108. The van der Waals surface area contributed by atoms with E-state index in [4.69, 9.17) is 0 Å². The number of benzene rings is 3. The molecule has 0 saturated heterocycles. The van der Waals surface area contributed by atoms with Gasteiger partial charge in [0.25, 0.3) is 5.56 Å². The van der Waals surface area contributed by atoms with Crippen LogP contribution in [0.2, 0.25) is 0 Å². The maximum atomic E-state index is 13.5. The van der Waals surface area contributed by atoms with Crippen molar-refractivity contribution in [2.75, 3.05) is 24.3 Å². The minimum Gasteiger partial charge on any atom is -0.595 e. The third-order valence-electron chi connectivity index (χ3n) is 6.23. The summed E-state index contributed by atoms with van der Waals surface area (Å²) >= 11 is 0. The van der Waals surface area contributed by atoms with Crippen molar-refractivity contribution in [3.05, 3.63) is 99.5 Å². The normalized spacial score (nSPS) is 12.8. The Hall–Kier alpha value is -4.18. The van der Waals surface area contributed by atoms with Crippen molar-refractivity contribution in [1.82, 2.24) is 4.57 Å². The van der Waals surface area contributed by atoms with Gasteiger partial charge in [0.15, 0.2) is 11.5 Å². The van der Waals surface area contributed by atoms with E-state index in [1.165, 1.54) is 16.7 Å². The van der Waals surface area contributed by atoms with Gasteiger partial charge >= 0.3 is 0 Å².